The van der Waals surface area contributed by atoms with E-state index in [-0.39, 0.29) is 5.92 Å². The normalized spacial score (nSPS) is 13.7. The van der Waals surface area contributed by atoms with Crippen LogP contribution in [0.25, 0.3) is 105 Å². The van der Waals surface area contributed by atoms with Gasteiger partial charge in [0.15, 0.2) is 5.82 Å². The van der Waals surface area contributed by atoms with Gasteiger partial charge >= 0.3 is 0 Å². The first kappa shape index (κ1) is 36.6. The van der Waals surface area contributed by atoms with Crippen LogP contribution in [0.3, 0.4) is 0 Å². The number of fused-ring (bicyclic) bond motifs is 6. The van der Waals surface area contributed by atoms with Crippen LogP contribution >= 0.6 is 0 Å². The summed E-state index contributed by atoms with van der Waals surface area (Å²) in [5, 5.41) is 6.12. The van der Waals surface area contributed by atoms with E-state index in [9.17, 15) is 0 Å². The highest BCUT2D eigenvalue weighted by molar-refractivity contribution is 6.10. The number of pyridine rings is 1. The van der Waals surface area contributed by atoms with Crippen molar-refractivity contribution in [1.82, 2.24) is 19.5 Å². The Labute approximate surface area is 365 Å². The van der Waals surface area contributed by atoms with Crippen molar-refractivity contribution < 1.29 is 0 Å². The molecule has 0 amide bonds. The van der Waals surface area contributed by atoms with Gasteiger partial charge in [0.05, 0.1) is 33.6 Å². The summed E-state index contributed by atoms with van der Waals surface area (Å²) in [4.78, 5) is 15.7. The molecule has 11 aromatic rings. The lowest BCUT2D eigenvalue weighted by atomic mass is 9.87. The average Bonchev–Trinajstić information content (AvgIpc) is 3.71. The molecule has 4 nitrogen and oxygen atoms in total. The Morgan fingerprint density at radius 1 is 0.413 bits per heavy atom. The van der Waals surface area contributed by atoms with Crippen LogP contribution in [0.2, 0.25) is 0 Å². The van der Waals surface area contributed by atoms with E-state index in [4.69, 9.17) is 15.0 Å². The van der Waals surface area contributed by atoms with Crippen LogP contribution in [0.15, 0.2) is 224 Å². The van der Waals surface area contributed by atoms with E-state index in [0.29, 0.717) is 5.82 Å². The second-order valence-corrected chi connectivity index (χ2v) is 16.3. The van der Waals surface area contributed by atoms with Gasteiger partial charge < -0.3 is 4.57 Å². The van der Waals surface area contributed by atoms with Gasteiger partial charge in [-0.2, -0.15) is 0 Å². The third-order valence-corrected chi connectivity index (χ3v) is 12.5. The molecule has 1 unspecified atom stereocenters. The maximum atomic E-state index is 5.26. The zero-order chi connectivity index (χ0) is 41.7. The first-order valence-corrected chi connectivity index (χ1v) is 21.6. The number of hydrogen-bond donors (Lipinski definition) is 0. The molecule has 1 atom stereocenters. The van der Waals surface area contributed by atoms with Crippen LogP contribution < -0.4 is 0 Å². The van der Waals surface area contributed by atoms with Gasteiger partial charge in [-0.1, -0.05) is 170 Å². The Bertz CT molecular complexity index is 3530. The molecule has 1 aliphatic rings. The Hall–Kier alpha value is -8.21. The van der Waals surface area contributed by atoms with Crippen molar-refractivity contribution in [3.05, 3.63) is 230 Å². The molecule has 0 N–H and O–H groups in total. The molecule has 0 radical (unpaired) electrons. The molecule has 8 aromatic carbocycles. The second-order valence-electron chi connectivity index (χ2n) is 16.3. The monoisotopic (exact) mass is 804 g/mol. The molecule has 0 saturated carbocycles. The molecular weight excluding hydrogens is 765 g/mol. The van der Waals surface area contributed by atoms with Gasteiger partial charge in [-0.3, -0.25) is 0 Å². The molecular formula is C59H40N4. The molecule has 12 rings (SSSR count). The molecule has 3 heterocycles. The summed E-state index contributed by atoms with van der Waals surface area (Å²) in [6, 6.07) is 71.2. The molecule has 4 heteroatoms. The maximum Gasteiger partial charge on any atom is 0.160 e. The largest absolute Gasteiger partial charge is 0.309 e. The van der Waals surface area contributed by atoms with E-state index < -0.39 is 0 Å². The van der Waals surface area contributed by atoms with Crippen molar-refractivity contribution in [2.75, 3.05) is 0 Å². The highest BCUT2D eigenvalue weighted by atomic mass is 15.0. The SMILES string of the molecule is C1=CCC(c2cc(-c3ccccc3)nc3ccc4cc(-c5cccc(-c6nc(-c7ccccc7)cc(-c7ccc(-n8c9ccccc9c9ccccc98)cc7)n6)c5)ccc4c23)C=C1. The highest BCUT2D eigenvalue weighted by Gasteiger charge is 2.19. The predicted molar refractivity (Wildman–Crippen MR) is 262 cm³/mol. The van der Waals surface area contributed by atoms with Crippen LogP contribution in [0.1, 0.15) is 17.9 Å². The molecule has 0 saturated heterocycles. The van der Waals surface area contributed by atoms with E-state index in [2.05, 4.69) is 223 Å². The van der Waals surface area contributed by atoms with Gasteiger partial charge in [0.2, 0.25) is 0 Å². The fourth-order valence-corrected chi connectivity index (χ4v) is 9.44. The predicted octanol–water partition coefficient (Wildman–Crippen LogP) is 15.2. The third-order valence-electron chi connectivity index (χ3n) is 12.5. The highest BCUT2D eigenvalue weighted by Crippen LogP contribution is 2.39. The number of aromatic nitrogens is 4. The summed E-state index contributed by atoms with van der Waals surface area (Å²) >= 11 is 0. The molecule has 0 aliphatic heterocycles. The Morgan fingerprint density at radius 3 is 1.68 bits per heavy atom. The minimum atomic E-state index is 0.277. The quantitative estimate of drug-likeness (QED) is 0.151. The fourth-order valence-electron chi connectivity index (χ4n) is 9.44. The van der Waals surface area contributed by atoms with E-state index in [1.54, 1.807) is 0 Å². The van der Waals surface area contributed by atoms with Crippen molar-refractivity contribution in [2.45, 2.75) is 12.3 Å². The fraction of sp³-hybridized carbons (Fsp3) is 0.0339. The average molecular weight is 805 g/mol. The van der Waals surface area contributed by atoms with Crippen LogP contribution in [-0.4, -0.2) is 19.5 Å². The Morgan fingerprint density at radius 2 is 1.00 bits per heavy atom. The first-order chi connectivity index (χ1) is 31.2. The number of para-hydroxylation sites is 2. The number of rotatable bonds is 7. The minimum absolute atomic E-state index is 0.277. The maximum absolute atomic E-state index is 5.26. The van der Waals surface area contributed by atoms with Crippen molar-refractivity contribution >= 4 is 43.5 Å². The molecule has 0 bridgehead atoms. The van der Waals surface area contributed by atoms with Crippen molar-refractivity contribution in [3.8, 4) is 62.0 Å². The van der Waals surface area contributed by atoms with Gasteiger partial charge in [-0.05, 0) is 88.5 Å². The van der Waals surface area contributed by atoms with Gasteiger partial charge in [0.1, 0.15) is 0 Å². The zero-order valence-corrected chi connectivity index (χ0v) is 34.4. The standard InChI is InChI=1S/C59H40N4/c1-4-15-39(16-5-1)51-37-53(40-17-6-2-7-18-40)60-52-34-30-45-35-44(29-33-48(45)58(51)52)43-21-14-22-46(36-43)59-61-54(41-19-8-3-9-20-41)38-55(62-59)42-27-31-47(32-28-42)63-56-25-12-10-23-49(56)50-24-11-13-26-57(50)63/h1-15,17-39H,16H2. The summed E-state index contributed by atoms with van der Waals surface area (Å²) in [5.41, 5.74) is 15.0. The third kappa shape index (κ3) is 6.61. The lowest BCUT2D eigenvalue weighted by Crippen LogP contribution is -2.01. The Kier molecular flexibility index (Phi) is 8.93. The Balaban J connectivity index is 0.936. The summed E-state index contributed by atoms with van der Waals surface area (Å²) < 4.78 is 2.35. The van der Waals surface area contributed by atoms with E-state index in [0.717, 1.165) is 68.1 Å². The number of nitrogens with zero attached hydrogens (tertiary/aromatic N) is 4. The second kappa shape index (κ2) is 15.4. The number of benzene rings is 8. The van der Waals surface area contributed by atoms with E-state index in [1.165, 1.54) is 43.5 Å². The van der Waals surface area contributed by atoms with Gasteiger partial charge in [0.25, 0.3) is 0 Å². The lowest BCUT2D eigenvalue weighted by molar-refractivity contribution is 0.861. The molecule has 0 fully saturated rings. The van der Waals surface area contributed by atoms with E-state index in [1.807, 2.05) is 6.07 Å². The molecule has 296 valence electrons. The summed E-state index contributed by atoms with van der Waals surface area (Å²) in [7, 11) is 0. The number of hydrogen-bond acceptors (Lipinski definition) is 3. The van der Waals surface area contributed by atoms with Crippen molar-refractivity contribution in [3.63, 3.8) is 0 Å². The molecule has 1 aliphatic carbocycles. The van der Waals surface area contributed by atoms with Gasteiger partial charge in [-0.15, -0.1) is 0 Å². The lowest BCUT2D eigenvalue weighted by Gasteiger charge is -2.19. The summed E-state index contributed by atoms with van der Waals surface area (Å²) in [6.07, 6.45) is 9.87. The van der Waals surface area contributed by atoms with Crippen LogP contribution in [0, 0.1) is 0 Å². The molecule has 63 heavy (non-hydrogen) atoms. The number of allylic oxidation sites excluding steroid dienone is 4. The van der Waals surface area contributed by atoms with E-state index >= 15 is 0 Å². The van der Waals surface area contributed by atoms with Gasteiger partial charge in [-0.25, -0.2) is 15.0 Å². The molecule has 3 aromatic heterocycles. The first-order valence-electron chi connectivity index (χ1n) is 21.6. The van der Waals surface area contributed by atoms with Crippen molar-refractivity contribution in [1.29, 1.82) is 0 Å². The summed E-state index contributed by atoms with van der Waals surface area (Å²) in [5.74, 6) is 0.963. The van der Waals surface area contributed by atoms with Gasteiger partial charge in [0, 0.05) is 50.0 Å². The topological polar surface area (TPSA) is 43.6 Å². The van der Waals surface area contributed by atoms with Crippen LogP contribution in [-0.2, 0) is 0 Å². The summed E-state index contributed by atoms with van der Waals surface area (Å²) in [6.45, 7) is 0. The molecule has 0 spiro atoms. The van der Waals surface area contributed by atoms with Crippen LogP contribution in [0.5, 0.6) is 0 Å². The zero-order valence-electron chi connectivity index (χ0n) is 34.4. The smallest absolute Gasteiger partial charge is 0.160 e. The van der Waals surface area contributed by atoms with Crippen LogP contribution in [0.4, 0.5) is 0 Å². The van der Waals surface area contributed by atoms with Crippen molar-refractivity contribution in [2.24, 2.45) is 0 Å². The minimum Gasteiger partial charge on any atom is -0.309 e.